The first-order valence-electron chi connectivity index (χ1n) is 5.05. The van der Waals surface area contributed by atoms with Crippen LogP contribution in [0.4, 0.5) is 0 Å². The largest absolute Gasteiger partial charge is 0.448 e. The first-order valence-corrected chi connectivity index (χ1v) is 5.05. The van der Waals surface area contributed by atoms with E-state index in [9.17, 15) is 0 Å². The predicted octanol–water partition coefficient (Wildman–Crippen LogP) is 0.940. The minimum atomic E-state index is 0.247. The summed E-state index contributed by atoms with van der Waals surface area (Å²) in [6, 6.07) is 0.311. The number of hydrogen-bond donors (Lipinski definition) is 1. The third-order valence-corrected chi connectivity index (χ3v) is 2.91. The van der Waals surface area contributed by atoms with Gasteiger partial charge in [0.25, 0.3) is 0 Å². The van der Waals surface area contributed by atoms with E-state index in [4.69, 9.17) is 9.52 Å². The molecule has 0 saturated carbocycles. The minimum Gasteiger partial charge on any atom is -0.448 e. The molecular weight excluding hydrogens is 180 g/mol. The van der Waals surface area contributed by atoms with Crippen molar-refractivity contribution in [2.24, 2.45) is 0 Å². The molecule has 0 bridgehead atoms. The summed E-state index contributed by atoms with van der Waals surface area (Å²) in [5.74, 6) is 0.883. The molecule has 1 aromatic rings. The van der Waals surface area contributed by atoms with Gasteiger partial charge < -0.3 is 9.52 Å². The Labute approximate surface area is 83.5 Å². The van der Waals surface area contributed by atoms with Crippen LogP contribution in [0.15, 0.2) is 10.8 Å². The van der Waals surface area contributed by atoms with Crippen LogP contribution in [0.2, 0.25) is 0 Å². The molecule has 0 radical (unpaired) electrons. The monoisotopic (exact) mass is 196 g/mol. The molecule has 2 rings (SSSR count). The zero-order chi connectivity index (χ0) is 9.97. The Bertz CT molecular complexity index is 298. The van der Waals surface area contributed by atoms with Gasteiger partial charge in [-0.1, -0.05) is 0 Å². The van der Waals surface area contributed by atoms with E-state index in [0.29, 0.717) is 6.04 Å². The molecule has 0 aliphatic carbocycles. The van der Waals surface area contributed by atoms with E-state index >= 15 is 0 Å². The highest BCUT2D eigenvalue weighted by molar-refractivity contribution is 5.05. The van der Waals surface area contributed by atoms with Crippen molar-refractivity contribution in [3.63, 3.8) is 0 Å². The maximum absolute atomic E-state index is 9.15. The SMILES string of the molecule is Cc1ocnc1CN1CCC[C@@H]1CO. The Morgan fingerprint density at radius 3 is 3.21 bits per heavy atom. The fraction of sp³-hybridized carbons (Fsp3) is 0.700. The van der Waals surface area contributed by atoms with Crippen LogP contribution in [0.25, 0.3) is 0 Å². The Kier molecular flexibility index (Phi) is 2.84. The van der Waals surface area contributed by atoms with Gasteiger partial charge in [-0.2, -0.15) is 0 Å². The van der Waals surface area contributed by atoms with Crippen molar-refractivity contribution in [3.05, 3.63) is 17.8 Å². The van der Waals surface area contributed by atoms with Gasteiger partial charge in [-0.05, 0) is 26.3 Å². The summed E-state index contributed by atoms with van der Waals surface area (Å²) < 4.78 is 5.14. The number of nitrogens with zero attached hydrogens (tertiary/aromatic N) is 2. The van der Waals surface area contributed by atoms with E-state index in [-0.39, 0.29) is 6.61 Å². The predicted molar refractivity (Wildman–Crippen MR) is 51.8 cm³/mol. The van der Waals surface area contributed by atoms with Crippen LogP contribution in [-0.2, 0) is 6.54 Å². The van der Waals surface area contributed by atoms with E-state index in [1.165, 1.54) is 12.8 Å². The highest BCUT2D eigenvalue weighted by Gasteiger charge is 2.24. The summed E-state index contributed by atoms with van der Waals surface area (Å²) in [6.45, 7) is 4.02. The minimum absolute atomic E-state index is 0.247. The number of aryl methyl sites for hydroxylation is 1. The zero-order valence-electron chi connectivity index (χ0n) is 8.44. The highest BCUT2D eigenvalue weighted by atomic mass is 16.3. The van der Waals surface area contributed by atoms with Crippen LogP contribution in [0.1, 0.15) is 24.3 Å². The van der Waals surface area contributed by atoms with Crippen LogP contribution >= 0.6 is 0 Å². The van der Waals surface area contributed by atoms with Crippen LogP contribution in [0.5, 0.6) is 0 Å². The van der Waals surface area contributed by atoms with Crippen molar-refractivity contribution in [2.75, 3.05) is 13.2 Å². The Morgan fingerprint density at radius 1 is 1.71 bits per heavy atom. The number of hydrogen-bond acceptors (Lipinski definition) is 4. The summed E-state index contributed by atoms with van der Waals surface area (Å²) in [7, 11) is 0. The van der Waals surface area contributed by atoms with E-state index in [1.54, 1.807) is 0 Å². The van der Waals surface area contributed by atoms with Crippen LogP contribution < -0.4 is 0 Å². The van der Waals surface area contributed by atoms with Gasteiger partial charge in [-0.3, -0.25) is 4.90 Å². The molecule has 0 spiro atoms. The summed E-state index contributed by atoms with van der Waals surface area (Å²) in [5, 5.41) is 9.15. The third kappa shape index (κ3) is 1.81. The number of aromatic nitrogens is 1. The van der Waals surface area contributed by atoms with Crippen LogP contribution in [0, 0.1) is 6.92 Å². The number of rotatable bonds is 3. The van der Waals surface area contributed by atoms with Crippen molar-refractivity contribution in [1.82, 2.24) is 9.88 Å². The van der Waals surface area contributed by atoms with E-state index in [1.807, 2.05) is 6.92 Å². The maximum Gasteiger partial charge on any atom is 0.181 e. The van der Waals surface area contributed by atoms with Gasteiger partial charge >= 0.3 is 0 Å². The first kappa shape index (κ1) is 9.68. The second-order valence-corrected chi connectivity index (χ2v) is 3.80. The smallest absolute Gasteiger partial charge is 0.181 e. The average molecular weight is 196 g/mol. The molecule has 1 aliphatic heterocycles. The van der Waals surface area contributed by atoms with E-state index in [2.05, 4.69) is 9.88 Å². The summed E-state index contributed by atoms with van der Waals surface area (Å²) >= 11 is 0. The lowest BCUT2D eigenvalue weighted by Crippen LogP contribution is -2.31. The molecule has 78 valence electrons. The Morgan fingerprint density at radius 2 is 2.57 bits per heavy atom. The number of aliphatic hydroxyl groups is 1. The molecular formula is C10H16N2O2. The van der Waals surface area contributed by atoms with E-state index < -0.39 is 0 Å². The Balaban J connectivity index is 2.00. The average Bonchev–Trinajstić information content (AvgIpc) is 2.77. The lowest BCUT2D eigenvalue weighted by Gasteiger charge is -2.21. The van der Waals surface area contributed by atoms with Gasteiger partial charge in [0.05, 0.1) is 12.3 Å². The molecule has 14 heavy (non-hydrogen) atoms. The lowest BCUT2D eigenvalue weighted by atomic mass is 10.2. The summed E-state index contributed by atoms with van der Waals surface area (Å²) in [5.41, 5.74) is 0.991. The standard InChI is InChI=1S/C10H16N2O2/c1-8-10(11-7-14-8)5-12-4-2-3-9(12)6-13/h7,9,13H,2-6H2,1H3/t9-/m1/s1. The van der Waals surface area contributed by atoms with Gasteiger partial charge in [0, 0.05) is 12.6 Å². The van der Waals surface area contributed by atoms with Crippen molar-refractivity contribution < 1.29 is 9.52 Å². The molecule has 0 amide bonds. The summed E-state index contributed by atoms with van der Waals surface area (Å²) in [6.07, 6.45) is 3.74. The van der Waals surface area contributed by atoms with Crippen molar-refractivity contribution in [2.45, 2.75) is 32.4 Å². The molecule has 2 heterocycles. The quantitative estimate of drug-likeness (QED) is 0.781. The molecule has 4 nitrogen and oxygen atoms in total. The third-order valence-electron chi connectivity index (χ3n) is 2.91. The second-order valence-electron chi connectivity index (χ2n) is 3.80. The topological polar surface area (TPSA) is 49.5 Å². The highest BCUT2D eigenvalue weighted by Crippen LogP contribution is 2.20. The molecule has 1 N–H and O–H groups in total. The molecule has 1 saturated heterocycles. The molecule has 1 aliphatic rings. The number of oxazole rings is 1. The van der Waals surface area contributed by atoms with Gasteiger partial charge in [0.15, 0.2) is 6.39 Å². The summed E-state index contributed by atoms with van der Waals surface area (Å²) in [4.78, 5) is 6.43. The Hall–Kier alpha value is -0.870. The van der Waals surface area contributed by atoms with E-state index in [0.717, 1.165) is 31.0 Å². The van der Waals surface area contributed by atoms with Gasteiger partial charge in [0.1, 0.15) is 5.76 Å². The molecule has 4 heteroatoms. The first-order chi connectivity index (χ1) is 6.81. The normalized spacial score (nSPS) is 23.1. The fourth-order valence-electron chi connectivity index (χ4n) is 1.98. The number of aliphatic hydroxyl groups excluding tert-OH is 1. The lowest BCUT2D eigenvalue weighted by molar-refractivity contribution is 0.152. The van der Waals surface area contributed by atoms with Crippen molar-refractivity contribution >= 4 is 0 Å². The molecule has 1 aromatic heterocycles. The van der Waals surface area contributed by atoms with Crippen LogP contribution in [0.3, 0.4) is 0 Å². The van der Waals surface area contributed by atoms with Gasteiger partial charge in [-0.25, -0.2) is 4.98 Å². The van der Waals surface area contributed by atoms with Gasteiger partial charge in [0.2, 0.25) is 0 Å². The maximum atomic E-state index is 9.15. The van der Waals surface area contributed by atoms with Crippen LogP contribution in [-0.4, -0.2) is 34.2 Å². The molecule has 1 fully saturated rings. The van der Waals surface area contributed by atoms with Crippen molar-refractivity contribution in [1.29, 1.82) is 0 Å². The van der Waals surface area contributed by atoms with Gasteiger partial charge in [-0.15, -0.1) is 0 Å². The molecule has 0 aromatic carbocycles. The zero-order valence-corrected chi connectivity index (χ0v) is 8.44. The fourth-order valence-corrected chi connectivity index (χ4v) is 1.98. The molecule has 1 atom stereocenters. The number of likely N-dealkylation sites (tertiary alicyclic amines) is 1. The van der Waals surface area contributed by atoms with Crippen molar-refractivity contribution in [3.8, 4) is 0 Å². The molecule has 0 unspecified atom stereocenters. The second kappa shape index (κ2) is 4.11.